The second-order valence-electron chi connectivity index (χ2n) is 5.75. The van der Waals surface area contributed by atoms with Crippen LogP contribution in [0.3, 0.4) is 0 Å². The molecule has 2 aromatic rings. The fraction of sp³-hybridized carbons (Fsp3) is 0.333. The van der Waals surface area contributed by atoms with E-state index in [2.05, 4.69) is 0 Å². The van der Waals surface area contributed by atoms with Crippen molar-refractivity contribution in [2.45, 2.75) is 40.5 Å². The quantitative estimate of drug-likeness (QED) is 0.673. The van der Waals surface area contributed by atoms with E-state index in [1.807, 2.05) is 52.0 Å². The molecule has 0 atom stereocenters. The van der Waals surface area contributed by atoms with Crippen molar-refractivity contribution in [3.63, 3.8) is 0 Å². The molecule has 5 heteroatoms. The van der Waals surface area contributed by atoms with Crippen LogP contribution in [0.15, 0.2) is 24.3 Å². The maximum atomic E-state index is 10.1. The molecule has 0 bridgehead atoms. The van der Waals surface area contributed by atoms with E-state index in [1.165, 1.54) is 0 Å². The molecular formula is C18H22Cl2O2Zr. The van der Waals surface area contributed by atoms with Crippen molar-refractivity contribution in [2.24, 2.45) is 0 Å². The van der Waals surface area contributed by atoms with Crippen LogP contribution in [0.5, 0.6) is 11.5 Å². The normalized spacial score (nSPS) is 10.0. The zero-order valence-corrected chi connectivity index (χ0v) is 17.8. The topological polar surface area (TPSA) is 40.5 Å². The Kier molecular flexibility index (Phi) is 8.68. The van der Waals surface area contributed by atoms with Crippen LogP contribution in [0.1, 0.15) is 33.4 Å². The summed E-state index contributed by atoms with van der Waals surface area (Å²) in [5.74, 6) is 0.749. The Balaban J connectivity index is 0.000000816. The second kappa shape index (κ2) is 9.72. The van der Waals surface area contributed by atoms with Gasteiger partial charge in [0.25, 0.3) is 0 Å². The minimum atomic E-state index is -0.826. The van der Waals surface area contributed by atoms with Crippen molar-refractivity contribution < 1.29 is 31.1 Å². The number of phenolic OH excluding ortho intramolecular Hbond substituents is 2. The van der Waals surface area contributed by atoms with Gasteiger partial charge in [0.1, 0.15) is 11.5 Å². The first-order chi connectivity index (χ1) is 10.8. The summed E-state index contributed by atoms with van der Waals surface area (Å²) < 4.78 is 0. The summed E-state index contributed by atoms with van der Waals surface area (Å²) in [5.41, 5.74) is 6.01. The molecule has 2 rings (SSSR count). The summed E-state index contributed by atoms with van der Waals surface area (Å²) in [4.78, 5) is 0. The van der Waals surface area contributed by atoms with E-state index in [9.17, 15) is 10.2 Å². The second-order valence-corrected chi connectivity index (χ2v) is 9.48. The summed E-state index contributed by atoms with van der Waals surface area (Å²) in [7, 11) is 9.87. The average Bonchev–Trinajstić information content (AvgIpc) is 2.46. The standard InChI is InChI=1S/C18H22O2.2ClH.Zr/c1-11-7-13(3)17(19)15(9-11)5-6-16-10-12(2)8-14(4)18(16)20;;;/h7-10,19-20H,5-6H2,1-4H3;2*1H;/q;;;+2/p-2. The van der Waals surface area contributed by atoms with Crippen LogP contribution in [-0.4, -0.2) is 10.2 Å². The Morgan fingerprint density at radius 3 is 1.35 bits per heavy atom. The molecule has 23 heavy (non-hydrogen) atoms. The number of hydrogen-bond acceptors (Lipinski definition) is 2. The van der Waals surface area contributed by atoms with Crippen LogP contribution >= 0.6 is 17.0 Å². The number of phenols is 2. The molecule has 2 N–H and O–H groups in total. The van der Waals surface area contributed by atoms with E-state index in [-0.39, 0.29) is 0 Å². The van der Waals surface area contributed by atoms with Crippen molar-refractivity contribution in [2.75, 3.05) is 0 Å². The third-order valence-electron chi connectivity index (χ3n) is 3.71. The first kappa shape index (κ1) is 20.5. The molecule has 0 saturated carbocycles. The SMILES string of the molecule is Cc1cc(C)c(O)c(CCc2cc(C)cc(C)c2O)c1.[Cl][Zr][Cl]. The summed E-state index contributed by atoms with van der Waals surface area (Å²) in [6, 6.07) is 7.99. The van der Waals surface area contributed by atoms with Crippen molar-refractivity contribution in [3.8, 4) is 11.5 Å². The predicted octanol–water partition coefficient (Wildman–Crippen LogP) is 5.49. The van der Waals surface area contributed by atoms with E-state index in [4.69, 9.17) is 17.0 Å². The van der Waals surface area contributed by atoms with Gasteiger partial charge in [0, 0.05) is 0 Å². The van der Waals surface area contributed by atoms with Gasteiger partial charge in [-0.05, 0) is 62.8 Å². The first-order valence-corrected chi connectivity index (χ1v) is 13.7. The fourth-order valence-corrected chi connectivity index (χ4v) is 2.75. The van der Waals surface area contributed by atoms with Crippen LogP contribution in [0, 0.1) is 27.7 Å². The molecule has 0 saturated heterocycles. The zero-order valence-electron chi connectivity index (χ0n) is 13.9. The molecule has 0 aliphatic heterocycles. The third kappa shape index (κ3) is 6.14. The van der Waals surface area contributed by atoms with Crippen molar-refractivity contribution >= 4 is 17.0 Å². The van der Waals surface area contributed by atoms with E-state index >= 15 is 0 Å². The number of benzene rings is 2. The van der Waals surface area contributed by atoms with Gasteiger partial charge < -0.3 is 10.2 Å². The number of hydrogen-bond donors (Lipinski definition) is 2. The number of aryl methyl sites for hydroxylation is 6. The molecule has 0 aromatic heterocycles. The van der Waals surface area contributed by atoms with E-state index in [0.29, 0.717) is 11.5 Å². The molecular weight excluding hydrogens is 410 g/mol. The fourth-order valence-electron chi connectivity index (χ4n) is 2.75. The molecule has 0 spiro atoms. The number of rotatable bonds is 3. The van der Waals surface area contributed by atoms with E-state index < -0.39 is 20.8 Å². The third-order valence-corrected chi connectivity index (χ3v) is 3.71. The van der Waals surface area contributed by atoms with Gasteiger partial charge in [-0.3, -0.25) is 0 Å². The van der Waals surface area contributed by atoms with Crippen molar-refractivity contribution in [1.82, 2.24) is 0 Å². The molecule has 0 amide bonds. The van der Waals surface area contributed by atoms with Crippen LogP contribution in [0.2, 0.25) is 0 Å². The molecule has 124 valence electrons. The molecule has 2 nitrogen and oxygen atoms in total. The molecule has 0 heterocycles. The van der Waals surface area contributed by atoms with Gasteiger partial charge >= 0.3 is 37.9 Å². The molecule has 0 aliphatic carbocycles. The van der Waals surface area contributed by atoms with Crippen LogP contribution in [0.25, 0.3) is 0 Å². The summed E-state index contributed by atoms with van der Waals surface area (Å²) in [5, 5.41) is 20.2. The van der Waals surface area contributed by atoms with E-state index in [0.717, 1.165) is 46.2 Å². The van der Waals surface area contributed by atoms with Gasteiger partial charge in [0.2, 0.25) is 0 Å². The van der Waals surface area contributed by atoms with Crippen molar-refractivity contribution in [3.05, 3.63) is 57.6 Å². The monoisotopic (exact) mass is 430 g/mol. The molecule has 0 radical (unpaired) electrons. The molecule has 0 aliphatic rings. The van der Waals surface area contributed by atoms with Gasteiger partial charge in [-0.1, -0.05) is 35.4 Å². The maximum absolute atomic E-state index is 10.1. The summed E-state index contributed by atoms with van der Waals surface area (Å²) in [6.45, 7) is 7.90. The van der Waals surface area contributed by atoms with Crippen LogP contribution < -0.4 is 0 Å². The van der Waals surface area contributed by atoms with E-state index in [1.54, 1.807) is 0 Å². The number of halogens is 2. The van der Waals surface area contributed by atoms with Gasteiger partial charge in [-0.15, -0.1) is 0 Å². The Morgan fingerprint density at radius 1 is 0.739 bits per heavy atom. The summed E-state index contributed by atoms with van der Waals surface area (Å²) >= 11 is -0.826. The zero-order chi connectivity index (χ0) is 17.6. The van der Waals surface area contributed by atoms with Gasteiger partial charge in [0.15, 0.2) is 0 Å². The first-order valence-electron chi connectivity index (χ1n) is 7.34. The average molecular weight is 433 g/mol. The minimum absolute atomic E-state index is 0.375. The molecule has 0 unspecified atom stereocenters. The molecule has 0 fully saturated rings. The van der Waals surface area contributed by atoms with Crippen LogP contribution in [-0.2, 0) is 33.7 Å². The summed E-state index contributed by atoms with van der Waals surface area (Å²) in [6.07, 6.45) is 1.45. The van der Waals surface area contributed by atoms with Gasteiger partial charge in [-0.2, -0.15) is 0 Å². The van der Waals surface area contributed by atoms with Gasteiger partial charge in [0.05, 0.1) is 0 Å². The van der Waals surface area contributed by atoms with Crippen LogP contribution in [0.4, 0.5) is 0 Å². The predicted molar refractivity (Wildman–Crippen MR) is 94.3 cm³/mol. The Hall–Kier alpha value is -0.497. The number of aromatic hydroxyl groups is 2. The Bertz CT molecular complexity index is 615. The van der Waals surface area contributed by atoms with Gasteiger partial charge in [-0.25, -0.2) is 0 Å². The Morgan fingerprint density at radius 2 is 1.04 bits per heavy atom. The van der Waals surface area contributed by atoms with Crippen molar-refractivity contribution in [1.29, 1.82) is 0 Å². The molecule has 2 aromatic carbocycles. The Labute approximate surface area is 157 Å².